The lowest BCUT2D eigenvalue weighted by molar-refractivity contribution is 0.0302. The zero-order valence-electron chi connectivity index (χ0n) is 20.7. The van der Waals surface area contributed by atoms with Crippen molar-refractivity contribution in [2.75, 3.05) is 30.8 Å². The Morgan fingerprint density at radius 3 is 2.58 bits per heavy atom. The number of anilines is 2. The molecule has 2 bridgehead atoms. The largest absolute Gasteiger partial charge is 0.496 e. The van der Waals surface area contributed by atoms with Crippen molar-refractivity contribution < 1.29 is 14.2 Å². The highest BCUT2D eigenvalue weighted by Crippen LogP contribution is 2.42. The second kappa shape index (κ2) is 8.86. The molecule has 9 nitrogen and oxygen atoms in total. The average molecular weight is 505 g/mol. The second-order valence-electron chi connectivity index (χ2n) is 9.39. The van der Waals surface area contributed by atoms with Crippen LogP contribution in [0.3, 0.4) is 0 Å². The van der Waals surface area contributed by atoms with Gasteiger partial charge in [0.25, 0.3) is 0 Å². The molecule has 2 fully saturated rings. The molecule has 2 atom stereocenters. The predicted molar refractivity (Wildman–Crippen MR) is 140 cm³/mol. The summed E-state index contributed by atoms with van der Waals surface area (Å²) in [6.45, 7) is 7.50. The zero-order chi connectivity index (χ0) is 25.0. The molecule has 0 spiro atoms. The molecule has 6 rings (SSSR count). The van der Waals surface area contributed by atoms with Crippen molar-refractivity contribution in [1.82, 2.24) is 20.2 Å². The summed E-state index contributed by atoms with van der Waals surface area (Å²) in [5, 5.41) is 11.8. The van der Waals surface area contributed by atoms with Crippen molar-refractivity contribution in [2.24, 2.45) is 0 Å². The number of aryl methyl sites for hydroxylation is 2. The first-order valence-electron chi connectivity index (χ1n) is 12.0. The minimum absolute atomic E-state index is 0.223. The lowest BCUT2D eigenvalue weighted by atomic mass is 10.1. The second-order valence-corrected chi connectivity index (χ2v) is 10.6. The van der Waals surface area contributed by atoms with Gasteiger partial charge in [-0.05, 0) is 51.3 Å². The first-order valence-corrected chi connectivity index (χ1v) is 12.8. The molecule has 4 aromatic rings. The van der Waals surface area contributed by atoms with E-state index in [1.165, 1.54) is 11.3 Å². The monoisotopic (exact) mass is 504 g/mol. The summed E-state index contributed by atoms with van der Waals surface area (Å²) in [5.74, 6) is 3.03. The topological polar surface area (TPSA) is 109 Å². The maximum Gasteiger partial charge on any atom is 0.232 e. The lowest BCUT2D eigenvalue weighted by Crippen LogP contribution is -2.43. The van der Waals surface area contributed by atoms with Crippen LogP contribution in [0.2, 0.25) is 0 Å². The number of aromatic nitrogens is 4. The minimum Gasteiger partial charge on any atom is -0.496 e. The third-order valence-electron chi connectivity index (χ3n) is 6.95. The number of pyridine rings is 2. The van der Waals surface area contributed by atoms with Crippen LogP contribution in [0.5, 0.6) is 17.4 Å². The van der Waals surface area contributed by atoms with Gasteiger partial charge >= 0.3 is 0 Å². The van der Waals surface area contributed by atoms with E-state index < -0.39 is 0 Å². The fourth-order valence-corrected chi connectivity index (χ4v) is 5.85. The molecule has 10 heteroatoms. The molecule has 0 saturated carbocycles. The van der Waals surface area contributed by atoms with Gasteiger partial charge in [0, 0.05) is 35.8 Å². The molecule has 2 saturated heterocycles. The first-order chi connectivity index (χ1) is 17.4. The number of nitrogens with two attached hydrogens (primary N) is 1. The Morgan fingerprint density at radius 1 is 1.11 bits per heavy atom. The van der Waals surface area contributed by atoms with Crippen molar-refractivity contribution in [1.29, 1.82) is 0 Å². The molecule has 0 aliphatic carbocycles. The zero-order valence-corrected chi connectivity index (χ0v) is 21.6. The molecule has 2 aliphatic rings. The van der Waals surface area contributed by atoms with Gasteiger partial charge in [0.15, 0.2) is 0 Å². The maximum absolute atomic E-state index is 6.57. The standard InChI is InChI=1S/C26H28N6O3S/c1-13-5-8-20(33-4)14(2)23(13)35-25-22-18(19(10-28-24(22)27)26-31-30-15(3)36-26)9-21(29-25)32-11-16-6-7-17(12-32)34-16/h5,8-10,16-17H,6-7,11-12H2,1-4H3,(H2,27,28). The highest BCUT2D eigenvalue weighted by molar-refractivity contribution is 7.14. The van der Waals surface area contributed by atoms with E-state index >= 15 is 0 Å². The summed E-state index contributed by atoms with van der Waals surface area (Å²) >= 11 is 1.52. The van der Waals surface area contributed by atoms with Gasteiger partial charge in [-0.25, -0.2) is 4.98 Å². The third-order valence-corrected chi connectivity index (χ3v) is 7.82. The molecule has 0 radical (unpaired) electrons. The van der Waals surface area contributed by atoms with Crippen LogP contribution in [-0.4, -0.2) is 52.6 Å². The fraction of sp³-hybridized carbons (Fsp3) is 0.385. The van der Waals surface area contributed by atoms with Crippen molar-refractivity contribution >= 4 is 33.7 Å². The number of ether oxygens (including phenoxy) is 3. The van der Waals surface area contributed by atoms with E-state index in [4.69, 9.17) is 24.9 Å². The number of nitrogens with zero attached hydrogens (tertiary/aromatic N) is 5. The van der Waals surface area contributed by atoms with Gasteiger partial charge in [-0.3, -0.25) is 0 Å². The van der Waals surface area contributed by atoms with Crippen LogP contribution < -0.4 is 20.1 Å². The Hall–Kier alpha value is -3.50. The molecule has 1 aromatic carbocycles. The van der Waals surface area contributed by atoms with Gasteiger partial charge in [0.05, 0.1) is 24.7 Å². The lowest BCUT2D eigenvalue weighted by Gasteiger charge is -2.33. The van der Waals surface area contributed by atoms with Crippen molar-refractivity contribution in [3.05, 3.63) is 40.5 Å². The Labute approximate surface area is 213 Å². The van der Waals surface area contributed by atoms with E-state index in [9.17, 15) is 0 Å². The van der Waals surface area contributed by atoms with Gasteiger partial charge < -0.3 is 24.8 Å². The predicted octanol–water partition coefficient (Wildman–Crippen LogP) is 4.82. The van der Waals surface area contributed by atoms with Crippen LogP contribution >= 0.6 is 11.3 Å². The molecule has 3 aromatic heterocycles. The van der Waals surface area contributed by atoms with Crippen molar-refractivity contribution in [3.8, 4) is 28.0 Å². The Bertz CT molecular complexity index is 1460. The summed E-state index contributed by atoms with van der Waals surface area (Å²) in [4.78, 5) is 11.8. The van der Waals surface area contributed by atoms with E-state index in [0.717, 1.165) is 69.6 Å². The number of methoxy groups -OCH3 is 1. The van der Waals surface area contributed by atoms with E-state index in [-0.39, 0.29) is 12.2 Å². The van der Waals surface area contributed by atoms with Crippen LogP contribution in [0.1, 0.15) is 29.0 Å². The Morgan fingerprint density at radius 2 is 1.89 bits per heavy atom. The number of hydrogen-bond donors (Lipinski definition) is 1. The molecule has 2 aliphatic heterocycles. The molecule has 5 heterocycles. The van der Waals surface area contributed by atoms with E-state index in [1.807, 2.05) is 32.9 Å². The molecule has 2 N–H and O–H groups in total. The molecule has 186 valence electrons. The molecule has 36 heavy (non-hydrogen) atoms. The first kappa shape index (κ1) is 22.9. The summed E-state index contributed by atoms with van der Waals surface area (Å²) in [7, 11) is 1.65. The Kier molecular flexibility index (Phi) is 5.65. The summed E-state index contributed by atoms with van der Waals surface area (Å²) < 4.78 is 18.2. The maximum atomic E-state index is 6.57. The third kappa shape index (κ3) is 3.90. The fourth-order valence-electron chi connectivity index (χ4n) is 5.13. The van der Waals surface area contributed by atoms with Crippen LogP contribution in [0.4, 0.5) is 11.6 Å². The number of hydrogen-bond acceptors (Lipinski definition) is 10. The van der Waals surface area contributed by atoms with Gasteiger partial charge in [-0.15, -0.1) is 10.2 Å². The minimum atomic E-state index is 0.223. The van der Waals surface area contributed by atoms with Crippen LogP contribution in [0, 0.1) is 20.8 Å². The normalized spacial score (nSPS) is 19.2. The van der Waals surface area contributed by atoms with Crippen LogP contribution in [-0.2, 0) is 4.74 Å². The molecular weight excluding hydrogens is 476 g/mol. The van der Waals surface area contributed by atoms with Gasteiger partial charge in [-0.2, -0.15) is 4.98 Å². The highest BCUT2D eigenvalue weighted by Gasteiger charge is 2.35. The number of morpholine rings is 1. The summed E-state index contributed by atoms with van der Waals surface area (Å²) in [6.07, 6.45) is 4.36. The van der Waals surface area contributed by atoms with Gasteiger partial charge in [0.1, 0.15) is 33.1 Å². The Balaban J connectivity index is 1.56. The quantitative estimate of drug-likeness (QED) is 0.409. The van der Waals surface area contributed by atoms with E-state index in [1.54, 1.807) is 13.3 Å². The van der Waals surface area contributed by atoms with Crippen LogP contribution in [0.15, 0.2) is 24.4 Å². The number of fused-ring (bicyclic) bond motifs is 3. The molecule has 0 amide bonds. The van der Waals surface area contributed by atoms with Gasteiger partial charge in [0.2, 0.25) is 5.88 Å². The number of rotatable bonds is 5. The average Bonchev–Trinajstić information content (AvgIpc) is 3.45. The highest BCUT2D eigenvalue weighted by atomic mass is 32.1. The van der Waals surface area contributed by atoms with Crippen molar-refractivity contribution in [3.63, 3.8) is 0 Å². The number of nitrogen functional groups attached to an aromatic ring is 1. The van der Waals surface area contributed by atoms with E-state index in [0.29, 0.717) is 22.8 Å². The summed E-state index contributed by atoms with van der Waals surface area (Å²) in [6, 6.07) is 5.99. The molecular formula is C26H28N6O3S. The van der Waals surface area contributed by atoms with Crippen LogP contribution in [0.25, 0.3) is 21.3 Å². The van der Waals surface area contributed by atoms with Gasteiger partial charge in [-0.1, -0.05) is 17.4 Å². The number of benzene rings is 1. The van der Waals surface area contributed by atoms with Crippen molar-refractivity contribution in [2.45, 2.75) is 45.8 Å². The molecule has 2 unspecified atom stereocenters. The smallest absolute Gasteiger partial charge is 0.232 e. The summed E-state index contributed by atoms with van der Waals surface area (Å²) in [5.41, 5.74) is 9.18. The SMILES string of the molecule is COc1ccc(C)c(Oc2nc(N3CC4CCC(C3)O4)cc3c(-c4nnc(C)s4)cnc(N)c23)c1C. The van der Waals surface area contributed by atoms with E-state index in [2.05, 4.69) is 26.1 Å².